The van der Waals surface area contributed by atoms with E-state index in [0.717, 1.165) is 5.69 Å². The molecule has 2 N–H and O–H groups in total. The number of aryl methyl sites for hydroxylation is 1. The lowest BCUT2D eigenvalue weighted by molar-refractivity contribution is 0.708. The van der Waals surface area contributed by atoms with Crippen LogP contribution in [0.1, 0.15) is 11.5 Å². The summed E-state index contributed by atoms with van der Waals surface area (Å²) in [6.45, 7) is 0.570. The summed E-state index contributed by atoms with van der Waals surface area (Å²) in [7, 11) is 1.82. The zero-order valence-corrected chi connectivity index (χ0v) is 8.98. The van der Waals surface area contributed by atoms with Crippen LogP contribution in [0.15, 0.2) is 18.6 Å². The van der Waals surface area contributed by atoms with Crippen molar-refractivity contribution in [3.8, 4) is 0 Å². The Hall–Kier alpha value is -1.76. The first kappa shape index (κ1) is 9.78. The molecule has 0 saturated carbocycles. The summed E-state index contributed by atoms with van der Waals surface area (Å²) < 4.78 is 3.49. The molecule has 6 nitrogen and oxygen atoms in total. The fraction of sp³-hybridized carbons (Fsp3) is 0.250. The molecule has 0 aliphatic heterocycles. The first-order valence-electron chi connectivity index (χ1n) is 4.33. The highest BCUT2D eigenvalue weighted by Gasteiger charge is 2.07. The number of aromatic nitrogens is 5. The van der Waals surface area contributed by atoms with Gasteiger partial charge in [-0.3, -0.25) is 4.68 Å². The third-order valence-corrected chi connectivity index (χ3v) is 2.10. The van der Waals surface area contributed by atoms with E-state index in [9.17, 15) is 0 Å². The van der Waals surface area contributed by atoms with Crippen molar-refractivity contribution >= 4 is 17.2 Å². The fourth-order valence-electron chi connectivity index (χ4n) is 1.30. The van der Waals surface area contributed by atoms with Crippen LogP contribution in [0.2, 0.25) is 0 Å². The molecule has 15 heavy (non-hydrogen) atoms. The molecule has 2 aromatic heterocycles. The maximum atomic E-state index is 5.52. The van der Waals surface area contributed by atoms with Gasteiger partial charge in [-0.1, -0.05) is 17.4 Å². The van der Waals surface area contributed by atoms with Crippen LogP contribution in [0.25, 0.3) is 0 Å². The zero-order chi connectivity index (χ0) is 10.8. The number of thiocarbonyl (C=S) groups is 1. The van der Waals surface area contributed by atoms with Crippen LogP contribution < -0.4 is 5.73 Å². The van der Waals surface area contributed by atoms with Gasteiger partial charge in [0.2, 0.25) is 0 Å². The van der Waals surface area contributed by atoms with Gasteiger partial charge in [-0.15, -0.1) is 5.10 Å². The lowest BCUT2D eigenvalue weighted by Gasteiger charge is -2.02. The maximum Gasteiger partial charge on any atom is 0.167 e. The number of hydrogen-bond acceptors (Lipinski definition) is 4. The third kappa shape index (κ3) is 2.01. The van der Waals surface area contributed by atoms with E-state index < -0.39 is 0 Å². The SMILES string of the molecule is Cn1cc(Cn2ccnc2C(N)=S)nn1. The summed E-state index contributed by atoms with van der Waals surface area (Å²) in [6.07, 6.45) is 5.30. The van der Waals surface area contributed by atoms with E-state index in [1.165, 1.54) is 0 Å². The standard InChI is InChI=1S/C8H10N6S/c1-13-4-6(11-12-13)5-14-3-2-10-8(14)7(9)15/h2-4H,5H2,1H3,(H2,9,15). The molecular weight excluding hydrogens is 212 g/mol. The molecule has 0 atom stereocenters. The van der Waals surface area contributed by atoms with Crippen molar-refractivity contribution < 1.29 is 0 Å². The van der Waals surface area contributed by atoms with Gasteiger partial charge in [-0.05, 0) is 0 Å². The van der Waals surface area contributed by atoms with Gasteiger partial charge >= 0.3 is 0 Å². The summed E-state index contributed by atoms with van der Waals surface area (Å²) in [5.41, 5.74) is 6.37. The second kappa shape index (κ2) is 3.77. The predicted molar refractivity (Wildman–Crippen MR) is 58.2 cm³/mol. The van der Waals surface area contributed by atoms with Crippen LogP contribution in [0, 0.1) is 0 Å². The molecule has 0 aromatic carbocycles. The summed E-state index contributed by atoms with van der Waals surface area (Å²) in [5, 5.41) is 7.81. The highest BCUT2D eigenvalue weighted by Crippen LogP contribution is 2.02. The van der Waals surface area contributed by atoms with Crippen LogP contribution in [-0.4, -0.2) is 29.5 Å². The Labute approximate surface area is 91.7 Å². The van der Waals surface area contributed by atoms with Gasteiger partial charge in [-0.25, -0.2) is 4.98 Å². The molecule has 0 aliphatic rings. The molecule has 0 spiro atoms. The summed E-state index contributed by atoms with van der Waals surface area (Å²) in [5.74, 6) is 0.593. The normalized spacial score (nSPS) is 10.5. The van der Waals surface area contributed by atoms with Crippen molar-refractivity contribution in [2.24, 2.45) is 12.8 Å². The average Bonchev–Trinajstić information content (AvgIpc) is 2.75. The van der Waals surface area contributed by atoms with Gasteiger partial charge in [0.15, 0.2) is 5.82 Å². The fourth-order valence-corrected chi connectivity index (χ4v) is 1.47. The van der Waals surface area contributed by atoms with E-state index in [1.807, 2.05) is 24.0 Å². The predicted octanol–water partition coefficient (Wildman–Crippen LogP) is -0.306. The molecule has 78 valence electrons. The average molecular weight is 222 g/mol. The Balaban J connectivity index is 2.24. The second-order valence-corrected chi connectivity index (χ2v) is 3.57. The second-order valence-electron chi connectivity index (χ2n) is 3.13. The molecule has 0 aliphatic carbocycles. The Morgan fingerprint density at radius 1 is 1.60 bits per heavy atom. The molecule has 0 saturated heterocycles. The third-order valence-electron chi connectivity index (χ3n) is 1.92. The highest BCUT2D eigenvalue weighted by molar-refractivity contribution is 7.80. The van der Waals surface area contributed by atoms with Gasteiger partial charge in [0.05, 0.1) is 6.54 Å². The molecule has 2 heterocycles. The van der Waals surface area contributed by atoms with Crippen molar-refractivity contribution in [3.05, 3.63) is 30.1 Å². The van der Waals surface area contributed by atoms with Gasteiger partial charge in [-0.2, -0.15) is 0 Å². The van der Waals surface area contributed by atoms with Gasteiger partial charge in [0.1, 0.15) is 10.7 Å². The Bertz CT molecular complexity index is 485. The summed E-state index contributed by atoms with van der Waals surface area (Å²) in [4.78, 5) is 4.34. The Kier molecular flexibility index (Phi) is 2.46. The van der Waals surface area contributed by atoms with Crippen LogP contribution in [-0.2, 0) is 13.6 Å². The molecule has 0 fully saturated rings. The lowest BCUT2D eigenvalue weighted by Crippen LogP contribution is -2.17. The number of hydrogen-bond donors (Lipinski definition) is 1. The minimum Gasteiger partial charge on any atom is -0.387 e. The summed E-state index contributed by atoms with van der Waals surface area (Å²) >= 11 is 4.88. The quantitative estimate of drug-likeness (QED) is 0.721. The first-order valence-corrected chi connectivity index (χ1v) is 4.74. The largest absolute Gasteiger partial charge is 0.387 e. The number of rotatable bonds is 3. The maximum absolute atomic E-state index is 5.52. The van der Waals surface area contributed by atoms with Crippen LogP contribution in [0.4, 0.5) is 0 Å². The van der Waals surface area contributed by atoms with E-state index in [4.69, 9.17) is 18.0 Å². The molecule has 2 rings (SSSR count). The summed E-state index contributed by atoms with van der Waals surface area (Å²) in [6, 6.07) is 0. The van der Waals surface area contributed by atoms with E-state index in [-0.39, 0.29) is 4.99 Å². The van der Waals surface area contributed by atoms with Crippen LogP contribution in [0.3, 0.4) is 0 Å². The van der Waals surface area contributed by atoms with Crippen LogP contribution >= 0.6 is 12.2 Å². The molecular formula is C8H10N6S. The monoisotopic (exact) mass is 222 g/mol. The van der Waals surface area contributed by atoms with Gasteiger partial charge in [0.25, 0.3) is 0 Å². The molecule has 2 aromatic rings. The van der Waals surface area contributed by atoms with Crippen LogP contribution in [0.5, 0.6) is 0 Å². The van der Waals surface area contributed by atoms with Gasteiger partial charge in [0, 0.05) is 25.6 Å². The lowest BCUT2D eigenvalue weighted by atomic mass is 10.4. The van der Waals surface area contributed by atoms with Crippen molar-refractivity contribution in [3.63, 3.8) is 0 Å². The van der Waals surface area contributed by atoms with E-state index in [1.54, 1.807) is 10.9 Å². The molecule has 0 radical (unpaired) electrons. The Morgan fingerprint density at radius 3 is 3.00 bits per heavy atom. The number of nitrogens with zero attached hydrogens (tertiary/aromatic N) is 5. The topological polar surface area (TPSA) is 74.5 Å². The van der Waals surface area contributed by atoms with E-state index >= 15 is 0 Å². The zero-order valence-electron chi connectivity index (χ0n) is 8.16. The van der Waals surface area contributed by atoms with E-state index in [0.29, 0.717) is 12.4 Å². The van der Waals surface area contributed by atoms with Crippen molar-refractivity contribution in [2.45, 2.75) is 6.54 Å². The minimum atomic E-state index is 0.281. The van der Waals surface area contributed by atoms with Crippen molar-refractivity contribution in [1.82, 2.24) is 24.5 Å². The van der Waals surface area contributed by atoms with Crippen molar-refractivity contribution in [2.75, 3.05) is 0 Å². The molecule has 0 unspecified atom stereocenters. The van der Waals surface area contributed by atoms with E-state index in [2.05, 4.69) is 15.3 Å². The smallest absolute Gasteiger partial charge is 0.167 e. The number of imidazole rings is 1. The molecule has 7 heteroatoms. The minimum absolute atomic E-state index is 0.281. The Morgan fingerprint density at radius 2 is 2.40 bits per heavy atom. The van der Waals surface area contributed by atoms with Crippen molar-refractivity contribution in [1.29, 1.82) is 0 Å². The molecule has 0 bridgehead atoms. The first-order chi connectivity index (χ1) is 7.16. The van der Waals surface area contributed by atoms with Gasteiger partial charge < -0.3 is 10.3 Å². The highest BCUT2D eigenvalue weighted by atomic mass is 32.1. The molecule has 0 amide bonds. The number of nitrogens with two attached hydrogens (primary N) is 1.